The SMILES string of the molecule is CN(C)C1CCCc2cc(O)c(O)cc21. The van der Waals surface area contributed by atoms with E-state index in [1.807, 2.05) is 14.1 Å². The summed E-state index contributed by atoms with van der Waals surface area (Å²) in [7, 11) is 4.09. The first-order valence-electron chi connectivity index (χ1n) is 5.31. The Hall–Kier alpha value is -1.22. The van der Waals surface area contributed by atoms with E-state index in [0.717, 1.165) is 30.4 Å². The molecule has 0 heterocycles. The summed E-state index contributed by atoms with van der Waals surface area (Å²) < 4.78 is 0. The van der Waals surface area contributed by atoms with Crippen molar-refractivity contribution in [3.8, 4) is 11.5 Å². The number of phenols is 2. The fourth-order valence-corrected chi connectivity index (χ4v) is 2.34. The molecule has 2 rings (SSSR count). The van der Waals surface area contributed by atoms with Crippen LogP contribution in [0.25, 0.3) is 0 Å². The second-order valence-electron chi connectivity index (χ2n) is 4.41. The molecule has 0 spiro atoms. The zero-order chi connectivity index (χ0) is 11.0. The second-order valence-corrected chi connectivity index (χ2v) is 4.41. The molecule has 1 aliphatic carbocycles. The Bertz CT molecular complexity index is 374. The number of hydrogen-bond acceptors (Lipinski definition) is 3. The third-order valence-corrected chi connectivity index (χ3v) is 3.14. The molecule has 1 aromatic carbocycles. The van der Waals surface area contributed by atoms with Crippen molar-refractivity contribution >= 4 is 0 Å². The highest BCUT2D eigenvalue weighted by atomic mass is 16.3. The van der Waals surface area contributed by atoms with Crippen LogP contribution in [-0.4, -0.2) is 29.2 Å². The fourth-order valence-electron chi connectivity index (χ4n) is 2.34. The van der Waals surface area contributed by atoms with Crippen molar-refractivity contribution < 1.29 is 10.2 Å². The molecular weight excluding hydrogens is 190 g/mol. The van der Waals surface area contributed by atoms with Gasteiger partial charge >= 0.3 is 0 Å². The number of hydrogen-bond donors (Lipinski definition) is 2. The molecule has 0 amide bonds. The lowest BCUT2D eigenvalue weighted by atomic mass is 9.86. The van der Waals surface area contributed by atoms with E-state index in [1.54, 1.807) is 12.1 Å². The van der Waals surface area contributed by atoms with Gasteiger partial charge in [-0.25, -0.2) is 0 Å². The first-order chi connectivity index (χ1) is 7.09. The minimum Gasteiger partial charge on any atom is -0.504 e. The number of fused-ring (bicyclic) bond motifs is 1. The molecule has 82 valence electrons. The molecule has 2 N–H and O–H groups in total. The van der Waals surface area contributed by atoms with Crippen LogP contribution < -0.4 is 0 Å². The number of phenolic OH excluding ortho intramolecular Hbond substituents is 2. The van der Waals surface area contributed by atoms with E-state index < -0.39 is 0 Å². The van der Waals surface area contributed by atoms with Gasteiger partial charge in [0.25, 0.3) is 0 Å². The van der Waals surface area contributed by atoms with Crippen molar-refractivity contribution in [1.29, 1.82) is 0 Å². The van der Waals surface area contributed by atoms with Gasteiger partial charge in [-0.05, 0) is 56.6 Å². The Morgan fingerprint density at radius 3 is 2.53 bits per heavy atom. The smallest absolute Gasteiger partial charge is 0.157 e. The molecule has 1 atom stereocenters. The minimum atomic E-state index is -0.0116. The highest BCUT2D eigenvalue weighted by Gasteiger charge is 2.23. The predicted octanol–water partition coefficient (Wildman–Crippen LogP) is 2.04. The molecule has 1 unspecified atom stereocenters. The number of benzene rings is 1. The Morgan fingerprint density at radius 1 is 1.20 bits per heavy atom. The van der Waals surface area contributed by atoms with Gasteiger partial charge in [-0.3, -0.25) is 0 Å². The van der Waals surface area contributed by atoms with E-state index >= 15 is 0 Å². The molecule has 0 radical (unpaired) electrons. The van der Waals surface area contributed by atoms with Crippen molar-refractivity contribution in [1.82, 2.24) is 4.90 Å². The average molecular weight is 207 g/mol. The van der Waals surface area contributed by atoms with Gasteiger partial charge in [-0.1, -0.05) is 0 Å². The van der Waals surface area contributed by atoms with Crippen molar-refractivity contribution in [2.24, 2.45) is 0 Å². The Morgan fingerprint density at radius 2 is 1.87 bits per heavy atom. The number of nitrogens with zero attached hydrogens (tertiary/aromatic N) is 1. The number of rotatable bonds is 1. The highest BCUT2D eigenvalue weighted by Crippen LogP contribution is 2.38. The van der Waals surface area contributed by atoms with E-state index in [2.05, 4.69) is 4.90 Å². The van der Waals surface area contributed by atoms with Gasteiger partial charge in [0.2, 0.25) is 0 Å². The predicted molar refractivity (Wildman–Crippen MR) is 59.1 cm³/mol. The van der Waals surface area contributed by atoms with Crippen LogP contribution >= 0.6 is 0 Å². The van der Waals surface area contributed by atoms with E-state index in [0.29, 0.717) is 6.04 Å². The van der Waals surface area contributed by atoms with Gasteiger partial charge in [0.05, 0.1) is 0 Å². The molecule has 0 saturated carbocycles. The van der Waals surface area contributed by atoms with E-state index in [1.165, 1.54) is 0 Å². The molecule has 0 fully saturated rings. The topological polar surface area (TPSA) is 43.7 Å². The monoisotopic (exact) mass is 207 g/mol. The quantitative estimate of drug-likeness (QED) is 0.692. The van der Waals surface area contributed by atoms with Crippen molar-refractivity contribution in [3.63, 3.8) is 0 Å². The second kappa shape index (κ2) is 3.74. The fraction of sp³-hybridized carbons (Fsp3) is 0.500. The van der Waals surface area contributed by atoms with Gasteiger partial charge in [-0.2, -0.15) is 0 Å². The molecule has 0 aliphatic heterocycles. The van der Waals surface area contributed by atoms with Gasteiger partial charge < -0.3 is 15.1 Å². The molecule has 0 saturated heterocycles. The lowest BCUT2D eigenvalue weighted by Crippen LogP contribution is -2.24. The van der Waals surface area contributed by atoms with Crippen LogP contribution in [0.4, 0.5) is 0 Å². The molecule has 15 heavy (non-hydrogen) atoms. The summed E-state index contributed by atoms with van der Waals surface area (Å²) in [5.41, 5.74) is 2.32. The maximum Gasteiger partial charge on any atom is 0.157 e. The van der Waals surface area contributed by atoms with Gasteiger partial charge in [0.1, 0.15) is 0 Å². The summed E-state index contributed by atoms with van der Waals surface area (Å²) >= 11 is 0. The number of aryl methyl sites for hydroxylation is 1. The van der Waals surface area contributed by atoms with E-state index in [-0.39, 0.29) is 11.5 Å². The molecule has 3 heteroatoms. The van der Waals surface area contributed by atoms with Crippen LogP contribution in [0.15, 0.2) is 12.1 Å². The number of aromatic hydroxyl groups is 2. The lowest BCUT2D eigenvalue weighted by molar-refractivity contribution is 0.267. The molecular formula is C12H17NO2. The Labute approximate surface area is 90.0 Å². The standard InChI is InChI=1S/C12H17NO2/c1-13(2)10-5-3-4-8-6-11(14)12(15)7-9(8)10/h6-7,10,14-15H,3-5H2,1-2H3. The maximum absolute atomic E-state index is 9.51. The molecule has 0 aromatic heterocycles. The molecule has 3 nitrogen and oxygen atoms in total. The first-order valence-corrected chi connectivity index (χ1v) is 5.31. The van der Waals surface area contributed by atoms with Gasteiger partial charge in [-0.15, -0.1) is 0 Å². The summed E-state index contributed by atoms with van der Waals surface area (Å²) in [5, 5.41) is 18.9. The maximum atomic E-state index is 9.51. The Kier molecular flexibility index (Phi) is 2.57. The minimum absolute atomic E-state index is 0.00634. The lowest BCUT2D eigenvalue weighted by Gasteiger charge is -2.31. The summed E-state index contributed by atoms with van der Waals surface area (Å²) in [6, 6.07) is 3.76. The van der Waals surface area contributed by atoms with Crippen molar-refractivity contribution in [2.45, 2.75) is 25.3 Å². The van der Waals surface area contributed by atoms with E-state index in [4.69, 9.17) is 0 Å². The largest absolute Gasteiger partial charge is 0.504 e. The third-order valence-electron chi connectivity index (χ3n) is 3.14. The van der Waals surface area contributed by atoms with Crippen LogP contribution in [0, 0.1) is 0 Å². The van der Waals surface area contributed by atoms with Crippen LogP contribution in [-0.2, 0) is 6.42 Å². The zero-order valence-electron chi connectivity index (χ0n) is 9.20. The van der Waals surface area contributed by atoms with Crippen molar-refractivity contribution in [2.75, 3.05) is 14.1 Å². The van der Waals surface area contributed by atoms with Crippen LogP contribution in [0.2, 0.25) is 0 Å². The molecule has 0 bridgehead atoms. The highest BCUT2D eigenvalue weighted by molar-refractivity contribution is 5.47. The van der Waals surface area contributed by atoms with Crippen LogP contribution in [0.5, 0.6) is 11.5 Å². The first kappa shape index (κ1) is 10.3. The van der Waals surface area contributed by atoms with Crippen molar-refractivity contribution in [3.05, 3.63) is 23.3 Å². The summed E-state index contributed by atoms with van der Waals surface area (Å²) in [6.07, 6.45) is 3.25. The molecule has 1 aliphatic rings. The van der Waals surface area contributed by atoms with Crippen LogP contribution in [0.1, 0.15) is 30.0 Å². The normalized spacial score (nSPS) is 20.3. The van der Waals surface area contributed by atoms with Gasteiger partial charge in [0, 0.05) is 6.04 Å². The zero-order valence-corrected chi connectivity index (χ0v) is 9.20. The summed E-state index contributed by atoms with van der Waals surface area (Å²) in [6.45, 7) is 0. The average Bonchev–Trinajstić information content (AvgIpc) is 2.18. The van der Waals surface area contributed by atoms with Crippen LogP contribution in [0.3, 0.4) is 0 Å². The third kappa shape index (κ3) is 1.79. The summed E-state index contributed by atoms with van der Waals surface area (Å²) in [4.78, 5) is 2.16. The molecule has 1 aromatic rings. The van der Waals surface area contributed by atoms with E-state index in [9.17, 15) is 10.2 Å². The van der Waals surface area contributed by atoms with Gasteiger partial charge in [0.15, 0.2) is 11.5 Å². The Balaban J connectivity index is 2.47. The summed E-state index contributed by atoms with van der Waals surface area (Å²) in [5.74, 6) is -0.0179.